The van der Waals surface area contributed by atoms with E-state index in [1.807, 2.05) is 0 Å². The largest absolute Gasteiger partial charge is 0.344 e. The van der Waals surface area contributed by atoms with Gasteiger partial charge in [-0.1, -0.05) is 84.9 Å². The lowest BCUT2D eigenvalue weighted by atomic mass is 9.95. The van der Waals surface area contributed by atoms with Crippen molar-refractivity contribution in [3.8, 4) is 22.5 Å². The van der Waals surface area contributed by atoms with Crippen molar-refractivity contribution in [2.24, 2.45) is 14.1 Å². The molecule has 2 heteroatoms. The molecule has 0 aliphatic heterocycles. The maximum absolute atomic E-state index is 2.37. The van der Waals surface area contributed by atoms with Gasteiger partial charge in [-0.2, -0.15) is 0 Å². The Bertz CT molecular complexity index is 2020. The number of aromatic nitrogens is 2. The molecule has 8 aromatic rings. The average molecular weight is 487 g/mol. The molecular weight excluding hydrogens is 460 g/mol. The Morgan fingerprint density at radius 3 is 1.21 bits per heavy atom. The molecule has 38 heavy (non-hydrogen) atoms. The number of fused-ring (bicyclic) bond motifs is 7. The van der Waals surface area contributed by atoms with Crippen LogP contribution in [0.5, 0.6) is 0 Å². The first-order valence-corrected chi connectivity index (χ1v) is 13.1. The Labute approximate surface area is 221 Å². The summed E-state index contributed by atoms with van der Waals surface area (Å²) in [5.74, 6) is 0. The molecule has 0 radical (unpaired) electrons. The Hall–Kier alpha value is -4.82. The summed E-state index contributed by atoms with van der Waals surface area (Å²) in [6.45, 7) is 0. The SMILES string of the molecule is Cn1c(-c2ccccc2)cc2cc3c(ccc4c5cc6cc(-c7ccccc7)n(C)c6cc5ccc34)cc21. The van der Waals surface area contributed by atoms with Crippen LogP contribution in [0.3, 0.4) is 0 Å². The topological polar surface area (TPSA) is 9.86 Å². The van der Waals surface area contributed by atoms with Gasteiger partial charge in [-0.25, -0.2) is 0 Å². The summed E-state index contributed by atoms with van der Waals surface area (Å²) >= 11 is 0. The third kappa shape index (κ3) is 3.01. The van der Waals surface area contributed by atoms with E-state index in [9.17, 15) is 0 Å². The first kappa shape index (κ1) is 21.3. The molecule has 2 heterocycles. The Kier molecular flexibility index (Phi) is 4.39. The zero-order valence-corrected chi connectivity index (χ0v) is 21.4. The Balaban J connectivity index is 1.37. The van der Waals surface area contributed by atoms with Gasteiger partial charge in [0.25, 0.3) is 0 Å². The second kappa shape index (κ2) is 7.84. The molecule has 0 bridgehead atoms. The highest BCUT2D eigenvalue weighted by Crippen LogP contribution is 2.38. The second-order valence-corrected chi connectivity index (χ2v) is 10.4. The van der Waals surface area contributed by atoms with Gasteiger partial charge in [0.05, 0.1) is 0 Å². The minimum Gasteiger partial charge on any atom is -0.344 e. The van der Waals surface area contributed by atoms with Crippen molar-refractivity contribution in [1.29, 1.82) is 0 Å². The highest BCUT2D eigenvalue weighted by molar-refractivity contribution is 6.21. The van der Waals surface area contributed by atoms with E-state index >= 15 is 0 Å². The molecule has 0 fully saturated rings. The average Bonchev–Trinajstić information content (AvgIpc) is 3.47. The van der Waals surface area contributed by atoms with Crippen molar-refractivity contribution in [2.75, 3.05) is 0 Å². The lowest BCUT2D eigenvalue weighted by Crippen LogP contribution is -1.91. The first-order valence-electron chi connectivity index (χ1n) is 13.1. The minimum atomic E-state index is 1.24. The molecule has 0 spiro atoms. The van der Waals surface area contributed by atoms with Crippen molar-refractivity contribution >= 4 is 54.1 Å². The van der Waals surface area contributed by atoms with Crippen molar-refractivity contribution < 1.29 is 0 Å². The molecule has 0 unspecified atom stereocenters. The zero-order valence-electron chi connectivity index (χ0n) is 21.4. The summed E-state index contributed by atoms with van der Waals surface area (Å²) in [4.78, 5) is 0. The van der Waals surface area contributed by atoms with Gasteiger partial charge in [0.2, 0.25) is 0 Å². The fraction of sp³-hybridized carbons (Fsp3) is 0.0556. The van der Waals surface area contributed by atoms with E-state index in [-0.39, 0.29) is 0 Å². The van der Waals surface area contributed by atoms with Gasteiger partial charge in [-0.05, 0) is 79.8 Å². The van der Waals surface area contributed by atoms with E-state index in [2.05, 4.69) is 145 Å². The first-order chi connectivity index (χ1) is 18.7. The van der Waals surface area contributed by atoms with Crippen LogP contribution in [0.25, 0.3) is 76.6 Å². The second-order valence-electron chi connectivity index (χ2n) is 10.4. The normalized spacial score (nSPS) is 11.9. The Morgan fingerprint density at radius 2 is 0.789 bits per heavy atom. The van der Waals surface area contributed by atoms with Gasteiger partial charge >= 0.3 is 0 Å². The van der Waals surface area contributed by atoms with Crippen molar-refractivity contribution in [2.45, 2.75) is 0 Å². The van der Waals surface area contributed by atoms with Crippen LogP contribution < -0.4 is 0 Å². The highest BCUT2D eigenvalue weighted by atomic mass is 14.9. The van der Waals surface area contributed by atoms with E-state index in [1.54, 1.807) is 0 Å². The van der Waals surface area contributed by atoms with Gasteiger partial charge in [0, 0.05) is 47.3 Å². The summed E-state index contributed by atoms with van der Waals surface area (Å²) < 4.78 is 4.62. The summed E-state index contributed by atoms with van der Waals surface area (Å²) in [5.41, 5.74) is 7.49. The van der Waals surface area contributed by atoms with Crippen LogP contribution in [0.2, 0.25) is 0 Å². The maximum atomic E-state index is 2.37. The number of hydrogen-bond donors (Lipinski definition) is 0. The van der Waals surface area contributed by atoms with Crippen LogP contribution in [-0.2, 0) is 14.1 Å². The third-order valence-electron chi connectivity index (χ3n) is 8.30. The number of rotatable bonds is 2. The predicted molar refractivity (Wildman–Crippen MR) is 163 cm³/mol. The maximum Gasteiger partial charge on any atom is 0.0489 e. The fourth-order valence-electron chi connectivity index (χ4n) is 6.31. The molecule has 0 atom stereocenters. The summed E-state index contributed by atoms with van der Waals surface area (Å²) in [5, 5.41) is 10.3. The number of hydrogen-bond acceptors (Lipinski definition) is 0. The molecular formula is C36H26N2. The minimum absolute atomic E-state index is 1.24. The van der Waals surface area contributed by atoms with Crippen molar-refractivity contribution in [1.82, 2.24) is 9.13 Å². The number of nitrogens with zero attached hydrogens (tertiary/aromatic N) is 2. The number of aryl methyl sites for hydroxylation is 2. The van der Waals surface area contributed by atoms with Crippen LogP contribution in [0.4, 0.5) is 0 Å². The highest BCUT2D eigenvalue weighted by Gasteiger charge is 2.13. The molecule has 0 N–H and O–H groups in total. The Morgan fingerprint density at radius 1 is 0.368 bits per heavy atom. The summed E-state index contributed by atoms with van der Waals surface area (Å²) in [6.07, 6.45) is 0. The zero-order chi connectivity index (χ0) is 25.4. The fourth-order valence-corrected chi connectivity index (χ4v) is 6.31. The van der Waals surface area contributed by atoms with Gasteiger partial charge in [-0.3, -0.25) is 0 Å². The van der Waals surface area contributed by atoms with E-state index in [0.717, 1.165) is 0 Å². The summed E-state index contributed by atoms with van der Waals surface area (Å²) in [6, 6.07) is 44.6. The van der Waals surface area contributed by atoms with Crippen LogP contribution in [-0.4, -0.2) is 9.13 Å². The van der Waals surface area contributed by atoms with Crippen LogP contribution >= 0.6 is 0 Å². The molecule has 8 rings (SSSR count). The summed E-state index contributed by atoms with van der Waals surface area (Å²) in [7, 11) is 4.33. The van der Waals surface area contributed by atoms with Crippen LogP contribution in [0.1, 0.15) is 0 Å². The van der Waals surface area contributed by atoms with Crippen molar-refractivity contribution in [3.05, 3.63) is 121 Å². The molecule has 0 amide bonds. The number of benzene rings is 6. The van der Waals surface area contributed by atoms with Gasteiger partial charge < -0.3 is 9.13 Å². The standard InChI is InChI=1S/C36H26N2/c1-37-33(23-9-5-3-6-10-23)21-27-17-31-25(19-35(27)37)13-15-30-29(31)16-14-26-20-36-28(18-32(26)30)22-34(38(36)2)24-11-7-4-8-12-24/h3-22H,1-2H3. The molecule has 2 nitrogen and oxygen atoms in total. The van der Waals surface area contributed by atoms with Gasteiger partial charge in [0.1, 0.15) is 0 Å². The van der Waals surface area contributed by atoms with Crippen LogP contribution in [0.15, 0.2) is 121 Å². The monoisotopic (exact) mass is 486 g/mol. The van der Waals surface area contributed by atoms with E-state index in [1.165, 1.54) is 76.6 Å². The van der Waals surface area contributed by atoms with E-state index < -0.39 is 0 Å². The lowest BCUT2D eigenvalue weighted by Gasteiger charge is -2.10. The lowest BCUT2D eigenvalue weighted by molar-refractivity contribution is 0.979. The third-order valence-corrected chi connectivity index (χ3v) is 8.30. The molecule has 6 aromatic carbocycles. The molecule has 0 saturated heterocycles. The van der Waals surface area contributed by atoms with Gasteiger partial charge in [0.15, 0.2) is 0 Å². The van der Waals surface area contributed by atoms with E-state index in [0.29, 0.717) is 0 Å². The molecule has 0 aliphatic rings. The van der Waals surface area contributed by atoms with E-state index in [4.69, 9.17) is 0 Å². The van der Waals surface area contributed by atoms with Gasteiger partial charge in [-0.15, -0.1) is 0 Å². The van der Waals surface area contributed by atoms with Crippen molar-refractivity contribution in [3.63, 3.8) is 0 Å². The molecule has 2 aromatic heterocycles. The molecule has 180 valence electrons. The smallest absolute Gasteiger partial charge is 0.0489 e. The molecule has 0 aliphatic carbocycles. The molecule has 0 saturated carbocycles. The predicted octanol–water partition coefficient (Wildman–Crippen LogP) is 9.46. The quantitative estimate of drug-likeness (QED) is 0.215. The van der Waals surface area contributed by atoms with Crippen LogP contribution in [0, 0.1) is 0 Å².